The molecule has 0 saturated heterocycles. The maximum absolute atomic E-state index is 12.4. The van der Waals surface area contributed by atoms with Gasteiger partial charge in [0.1, 0.15) is 0 Å². The van der Waals surface area contributed by atoms with Crippen molar-refractivity contribution in [3.63, 3.8) is 0 Å². The topological polar surface area (TPSA) is 70.0 Å². The maximum Gasteiger partial charge on any atom is 0.303 e. The van der Waals surface area contributed by atoms with Crippen molar-refractivity contribution in [1.82, 2.24) is 5.01 Å². The molecule has 1 aromatic heterocycles. The van der Waals surface area contributed by atoms with Gasteiger partial charge in [0.15, 0.2) is 0 Å². The van der Waals surface area contributed by atoms with Crippen LogP contribution in [0.5, 0.6) is 0 Å². The van der Waals surface area contributed by atoms with Crippen LogP contribution in [0, 0.1) is 0 Å². The van der Waals surface area contributed by atoms with E-state index in [9.17, 15) is 9.59 Å². The minimum Gasteiger partial charge on any atom is -0.481 e. The van der Waals surface area contributed by atoms with Crippen LogP contribution in [-0.4, -0.2) is 27.7 Å². The van der Waals surface area contributed by atoms with E-state index >= 15 is 0 Å². The fourth-order valence-corrected chi connectivity index (χ4v) is 3.31. The zero-order valence-corrected chi connectivity index (χ0v) is 13.2. The molecular formula is C17H16N2O3S. The summed E-state index contributed by atoms with van der Waals surface area (Å²) in [6.45, 7) is 0. The van der Waals surface area contributed by atoms with E-state index in [4.69, 9.17) is 5.11 Å². The smallest absolute Gasteiger partial charge is 0.303 e. The highest BCUT2D eigenvalue weighted by atomic mass is 32.1. The number of carbonyl (C=O) groups is 2. The molecule has 0 fully saturated rings. The molecule has 1 amide bonds. The van der Waals surface area contributed by atoms with Crippen LogP contribution >= 0.6 is 11.3 Å². The SMILES string of the molecule is O=C(O)CCC(=O)N1N=C(c2ccccc2)C[C@H]1c1ccsc1. The Morgan fingerprint density at radius 1 is 1.22 bits per heavy atom. The molecule has 1 aliphatic heterocycles. The summed E-state index contributed by atoms with van der Waals surface area (Å²) in [4.78, 5) is 23.1. The third-order valence-corrected chi connectivity index (χ3v) is 4.46. The lowest BCUT2D eigenvalue weighted by atomic mass is 10.0. The Bertz CT molecular complexity index is 726. The molecule has 23 heavy (non-hydrogen) atoms. The Hall–Kier alpha value is -2.47. The first-order valence-electron chi connectivity index (χ1n) is 7.34. The van der Waals surface area contributed by atoms with E-state index in [0.717, 1.165) is 16.8 Å². The average molecular weight is 328 g/mol. The van der Waals surface area contributed by atoms with Gasteiger partial charge in [-0.3, -0.25) is 9.59 Å². The molecule has 0 bridgehead atoms. The van der Waals surface area contributed by atoms with E-state index < -0.39 is 5.97 Å². The second-order valence-electron chi connectivity index (χ2n) is 5.32. The number of hydrogen-bond donors (Lipinski definition) is 1. The standard InChI is InChI=1S/C17H16N2O3S/c20-16(6-7-17(21)22)19-15(13-8-9-23-11-13)10-14(18-19)12-4-2-1-3-5-12/h1-5,8-9,11,15H,6-7,10H2,(H,21,22)/t15-/m0/s1. The molecule has 6 heteroatoms. The second kappa shape index (κ2) is 6.75. The van der Waals surface area contributed by atoms with Gasteiger partial charge in [0.2, 0.25) is 5.91 Å². The van der Waals surface area contributed by atoms with Crippen LogP contribution in [-0.2, 0) is 9.59 Å². The number of amides is 1. The molecular weight excluding hydrogens is 312 g/mol. The molecule has 5 nitrogen and oxygen atoms in total. The molecule has 2 heterocycles. The minimum absolute atomic E-state index is 0.0401. The average Bonchev–Trinajstić information content (AvgIpc) is 3.22. The first kappa shape index (κ1) is 15.4. The van der Waals surface area contributed by atoms with E-state index in [1.165, 1.54) is 5.01 Å². The van der Waals surface area contributed by atoms with Crippen LogP contribution in [0.4, 0.5) is 0 Å². The quantitative estimate of drug-likeness (QED) is 0.915. The summed E-state index contributed by atoms with van der Waals surface area (Å²) < 4.78 is 0. The molecule has 0 unspecified atom stereocenters. The van der Waals surface area contributed by atoms with E-state index in [1.54, 1.807) is 11.3 Å². The van der Waals surface area contributed by atoms with E-state index in [2.05, 4.69) is 5.10 Å². The van der Waals surface area contributed by atoms with Crippen LogP contribution in [0.3, 0.4) is 0 Å². The summed E-state index contributed by atoms with van der Waals surface area (Å²) >= 11 is 1.57. The number of hydrogen-bond acceptors (Lipinski definition) is 4. The Kier molecular flexibility index (Phi) is 4.52. The number of hydrazone groups is 1. The summed E-state index contributed by atoms with van der Waals surface area (Å²) in [5.74, 6) is -1.23. The van der Waals surface area contributed by atoms with Gasteiger partial charge in [-0.2, -0.15) is 16.4 Å². The van der Waals surface area contributed by atoms with Gasteiger partial charge in [-0.05, 0) is 28.0 Å². The second-order valence-corrected chi connectivity index (χ2v) is 6.10. The van der Waals surface area contributed by atoms with Crippen molar-refractivity contribution in [2.24, 2.45) is 5.10 Å². The van der Waals surface area contributed by atoms with E-state index in [0.29, 0.717) is 6.42 Å². The number of thiophene rings is 1. The monoisotopic (exact) mass is 328 g/mol. The Labute approximate surface area is 137 Å². The van der Waals surface area contributed by atoms with Gasteiger partial charge in [0, 0.05) is 12.8 Å². The number of carboxylic acids is 1. The first-order valence-corrected chi connectivity index (χ1v) is 8.28. The maximum atomic E-state index is 12.4. The van der Waals surface area contributed by atoms with Gasteiger partial charge in [-0.25, -0.2) is 5.01 Å². The van der Waals surface area contributed by atoms with Crippen LogP contribution in [0.1, 0.15) is 36.4 Å². The van der Waals surface area contributed by atoms with Crippen LogP contribution in [0.15, 0.2) is 52.3 Å². The molecule has 1 atom stereocenters. The predicted octanol–water partition coefficient (Wildman–Crippen LogP) is 3.29. The van der Waals surface area contributed by atoms with Crippen molar-refractivity contribution in [2.75, 3.05) is 0 Å². The summed E-state index contributed by atoms with van der Waals surface area (Å²) in [5, 5.41) is 18.7. The van der Waals surface area contributed by atoms with Crippen molar-refractivity contribution >= 4 is 28.9 Å². The van der Waals surface area contributed by atoms with Crippen LogP contribution in [0.25, 0.3) is 0 Å². The van der Waals surface area contributed by atoms with Crippen LogP contribution in [0.2, 0.25) is 0 Å². The predicted molar refractivity (Wildman–Crippen MR) is 88.4 cm³/mol. The molecule has 1 aliphatic rings. The Balaban J connectivity index is 1.86. The molecule has 1 aromatic carbocycles. The number of nitrogens with zero attached hydrogens (tertiary/aromatic N) is 2. The molecule has 118 valence electrons. The van der Waals surface area contributed by atoms with Gasteiger partial charge in [-0.1, -0.05) is 30.3 Å². The van der Waals surface area contributed by atoms with Crippen molar-refractivity contribution < 1.29 is 14.7 Å². The molecule has 0 radical (unpaired) electrons. The van der Waals surface area contributed by atoms with Crippen molar-refractivity contribution in [2.45, 2.75) is 25.3 Å². The number of benzene rings is 1. The van der Waals surface area contributed by atoms with Crippen molar-refractivity contribution in [3.05, 3.63) is 58.3 Å². The fourth-order valence-electron chi connectivity index (χ4n) is 2.60. The van der Waals surface area contributed by atoms with Gasteiger partial charge in [-0.15, -0.1) is 0 Å². The fraction of sp³-hybridized carbons (Fsp3) is 0.235. The summed E-state index contributed by atoms with van der Waals surface area (Å²) in [6, 6.07) is 11.6. The van der Waals surface area contributed by atoms with E-state index in [1.807, 2.05) is 47.2 Å². The molecule has 0 saturated carbocycles. The zero-order chi connectivity index (χ0) is 16.2. The molecule has 2 aromatic rings. The third-order valence-electron chi connectivity index (χ3n) is 3.75. The summed E-state index contributed by atoms with van der Waals surface area (Å²) in [7, 11) is 0. The van der Waals surface area contributed by atoms with Gasteiger partial charge in [0.25, 0.3) is 0 Å². The summed E-state index contributed by atoms with van der Waals surface area (Å²) in [5.41, 5.74) is 2.88. The highest BCUT2D eigenvalue weighted by Gasteiger charge is 2.33. The van der Waals surface area contributed by atoms with Gasteiger partial charge in [0.05, 0.1) is 18.2 Å². The zero-order valence-electron chi connectivity index (χ0n) is 12.4. The number of carbonyl (C=O) groups excluding carboxylic acids is 1. The normalized spacial score (nSPS) is 17.1. The number of aliphatic carboxylic acids is 1. The highest BCUT2D eigenvalue weighted by molar-refractivity contribution is 7.08. The molecule has 3 rings (SSSR count). The molecule has 0 spiro atoms. The highest BCUT2D eigenvalue weighted by Crippen LogP contribution is 2.34. The van der Waals surface area contributed by atoms with Gasteiger partial charge >= 0.3 is 5.97 Å². The minimum atomic E-state index is -0.975. The van der Waals surface area contributed by atoms with Crippen molar-refractivity contribution in [1.29, 1.82) is 0 Å². The lowest BCUT2D eigenvalue weighted by molar-refractivity contribution is -0.141. The first-order chi connectivity index (χ1) is 11.1. The van der Waals surface area contributed by atoms with E-state index in [-0.39, 0.29) is 24.8 Å². The van der Waals surface area contributed by atoms with Gasteiger partial charge < -0.3 is 5.11 Å². The lowest BCUT2D eigenvalue weighted by Crippen LogP contribution is -2.27. The Morgan fingerprint density at radius 2 is 2.00 bits per heavy atom. The molecule has 0 aliphatic carbocycles. The largest absolute Gasteiger partial charge is 0.481 e. The lowest BCUT2D eigenvalue weighted by Gasteiger charge is -2.20. The summed E-state index contributed by atoms with van der Waals surface area (Å²) in [6.07, 6.45) is 0.420. The number of rotatable bonds is 5. The Morgan fingerprint density at radius 3 is 2.65 bits per heavy atom. The third kappa shape index (κ3) is 3.48. The molecule has 1 N–H and O–H groups in total. The number of carboxylic acid groups (broad SMARTS) is 1. The van der Waals surface area contributed by atoms with Crippen molar-refractivity contribution in [3.8, 4) is 0 Å². The van der Waals surface area contributed by atoms with Crippen LogP contribution < -0.4 is 0 Å².